The van der Waals surface area contributed by atoms with Crippen molar-refractivity contribution in [3.8, 4) is 5.75 Å². The van der Waals surface area contributed by atoms with Crippen LogP contribution in [0.4, 0.5) is 0 Å². The van der Waals surface area contributed by atoms with Crippen LogP contribution in [0.3, 0.4) is 0 Å². The Hall–Kier alpha value is -1.22. The fourth-order valence-electron chi connectivity index (χ4n) is 3.28. The summed E-state index contributed by atoms with van der Waals surface area (Å²) in [5.41, 5.74) is 3.82. The van der Waals surface area contributed by atoms with Gasteiger partial charge in [-0.05, 0) is 62.3 Å². The second kappa shape index (κ2) is 6.49. The highest BCUT2D eigenvalue weighted by Crippen LogP contribution is 2.39. The minimum absolute atomic E-state index is 0.0208. The smallest absolute Gasteiger partial charge is 0.116 e. The van der Waals surface area contributed by atoms with Gasteiger partial charge in [-0.15, -0.1) is 11.8 Å². The number of hydrogen-bond donors (Lipinski definition) is 1. The van der Waals surface area contributed by atoms with Crippen LogP contribution in [0.1, 0.15) is 57.9 Å². The lowest BCUT2D eigenvalue weighted by molar-refractivity contribution is 0.451. The van der Waals surface area contributed by atoms with Gasteiger partial charge < -0.3 is 5.11 Å². The van der Waals surface area contributed by atoms with Crippen molar-refractivity contribution in [2.24, 2.45) is 4.99 Å². The molecule has 0 fully saturated rings. The molecule has 22 heavy (non-hydrogen) atoms. The van der Waals surface area contributed by atoms with Gasteiger partial charge >= 0.3 is 0 Å². The largest absolute Gasteiger partial charge is 0.508 e. The van der Waals surface area contributed by atoms with E-state index in [-0.39, 0.29) is 5.54 Å². The van der Waals surface area contributed by atoms with Gasteiger partial charge in [0.25, 0.3) is 0 Å². The minimum Gasteiger partial charge on any atom is -0.508 e. The van der Waals surface area contributed by atoms with Crippen molar-refractivity contribution in [3.63, 3.8) is 0 Å². The predicted octanol–water partition coefficient (Wildman–Crippen LogP) is 5.35. The molecule has 0 unspecified atom stereocenters. The molecule has 1 aromatic carbocycles. The Morgan fingerprint density at radius 1 is 1.23 bits per heavy atom. The summed E-state index contributed by atoms with van der Waals surface area (Å²) in [4.78, 5) is 6.46. The van der Waals surface area contributed by atoms with Gasteiger partial charge in [-0.1, -0.05) is 19.9 Å². The molecule has 0 spiro atoms. The van der Waals surface area contributed by atoms with Gasteiger partial charge in [-0.3, -0.25) is 4.99 Å². The van der Waals surface area contributed by atoms with Crippen LogP contribution in [0, 0.1) is 0 Å². The molecule has 1 heterocycles. The van der Waals surface area contributed by atoms with Gasteiger partial charge in [0.2, 0.25) is 0 Å². The monoisotopic (exact) mass is 315 g/mol. The summed E-state index contributed by atoms with van der Waals surface area (Å²) >= 11 is 1.85. The summed E-state index contributed by atoms with van der Waals surface area (Å²) in [6.07, 6.45) is 9.36. The molecule has 2 aliphatic rings. The first-order valence-corrected chi connectivity index (χ1v) is 9.41. The second-order valence-corrected chi connectivity index (χ2v) is 7.35. The van der Waals surface area contributed by atoms with Gasteiger partial charge in [-0.2, -0.15) is 0 Å². The maximum Gasteiger partial charge on any atom is 0.116 e. The van der Waals surface area contributed by atoms with Gasteiger partial charge in [-0.25, -0.2) is 0 Å². The number of benzene rings is 1. The number of allylic oxidation sites excluding steroid dienone is 2. The molecule has 0 amide bonds. The molecule has 0 atom stereocenters. The highest BCUT2D eigenvalue weighted by molar-refractivity contribution is 7.99. The zero-order valence-corrected chi connectivity index (χ0v) is 14.4. The van der Waals surface area contributed by atoms with Crippen LogP contribution in [0.5, 0.6) is 5.75 Å². The Labute approximate surface area is 137 Å². The van der Waals surface area contributed by atoms with Crippen molar-refractivity contribution >= 4 is 17.5 Å². The van der Waals surface area contributed by atoms with Gasteiger partial charge in [0, 0.05) is 16.2 Å². The molecule has 3 rings (SSSR count). The Morgan fingerprint density at radius 3 is 2.73 bits per heavy atom. The molecule has 1 aliphatic heterocycles. The molecule has 118 valence electrons. The summed E-state index contributed by atoms with van der Waals surface area (Å²) in [5, 5.41) is 9.85. The van der Waals surface area contributed by atoms with E-state index in [0.717, 1.165) is 25.0 Å². The lowest BCUT2D eigenvalue weighted by Gasteiger charge is -2.27. The number of nitrogens with zero attached hydrogens (tertiary/aromatic N) is 1. The van der Waals surface area contributed by atoms with Crippen LogP contribution in [-0.4, -0.2) is 22.1 Å². The third kappa shape index (κ3) is 2.96. The molecular weight excluding hydrogens is 290 g/mol. The van der Waals surface area contributed by atoms with Crippen molar-refractivity contribution < 1.29 is 5.11 Å². The number of phenols is 1. The highest BCUT2D eigenvalue weighted by Gasteiger charge is 2.31. The first kappa shape index (κ1) is 15.7. The number of rotatable bonds is 3. The van der Waals surface area contributed by atoms with Gasteiger partial charge in [0.15, 0.2) is 0 Å². The summed E-state index contributed by atoms with van der Waals surface area (Å²) < 4.78 is 0. The summed E-state index contributed by atoms with van der Waals surface area (Å²) in [6, 6.07) is 5.75. The average molecular weight is 315 g/mol. The number of fused-ring (bicyclic) bond motifs is 1. The summed E-state index contributed by atoms with van der Waals surface area (Å²) in [5.74, 6) is 1.34. The average Bonchev–Trinajstić information content (AvgIpc) is 2.73. The van der Waals surface area contributed by atoms with E-state index in [0.29, 0.717) is 5.75 Å². The Balaban J connectivity index is 2.14. The van der Waals surface area contributed by atoms with Crippen LogP contribution in [0.2, 0.25) is 0 Å². The zero-order chi connectivity index (χ0) is 15.6. The van der Waals surface area contributed by atoms with Crippen molar-refractivity contribution in [2.45, 2.75) is 62.8 Å². The number of thioether (sulfide) groups is 1. The number of phenolic OH excluding ortho intramolecular Hbond substituents is 1. The molecule has 1 aromatic rings. The van der Waals surface area contributed by atoms with Crippen molar-refractivity contribution in [3.05, 3.63) is 35.4 Å². The summed E-state index contributed by atoms with van der Waals surface area (Å²) in [6.45, 7) is 4.49. The Kier molecular flexibility index (Phi) is 4.62. The van der Waals surface area contributed by atoms with E-state index in [1.54, 1.807) is 6.07 Å². The van der Waals surface area contributed by atoms with Crippen LogP contribution in [-0.2, 0) is 0 Å². The molecule has 0 bridgehead atoms. The Morgan fingerprint density at radius 2 is 2.05 bits per heavy atom. The van der Waals surface area contributed by atoms with E-state index in [9.17, 15) is 5.11 Å². The minimum atomic E-state index is 0.0208. The first-order valence-electron chi connectivity index (χ1n) is 8.43. The third-order valence-electron chi connectivity index (χ3n) is 4.98. The zero-order valence-electron chi connectivity index (χ0n) is 13.6. The van der Waals surface area contributed by atoms with Crippen molar-refractivity contribution in [1.82, 2.24) is 0 Å². The van der Waals surface area contributed by atoms with E-state index in [2.05, 4.69) is 19.9 Å². The molecule has 1 N–H and O–H groups in total. The van der Waals surface area contributed by atoms with Crippen LogP contribution in [0.15, 0.2) is 39.7 Å². The van der Waals surface area contributed by atoms with E-state index in [1.165, 1.54) is 41.0 Å². The number of hydrogen-bond acceptors (Lipinski definition) is 3. The molecule has 3 heteroatoms. The second-order valence-electron chi connectivity index (χ2n) is 6.34. The molecule has 2 nitrogen and oxygen atoms in total. The van der Waals surface area contributed by atoms with Crippen molar-refractivity contribution in [1.29, 1.82) is 0 Å². The topological polar surface area (TPSA) is 32.6 Å². The lowest BCUT2D eigenvalue weighted by atomic mass is 9.90. The Bertz CT molecular complexity index is 614. The third-order valence-corrected chi connectivity index (χ3v) is 6.31. The number of aromatic hydroxyl groups is 1. The van der Waals surface area contributed by atoms with Gasteiger partial charge in [0.05, 0.1) is 11.3 Å². The predicted molar refractivity (Wildman–Crippen MR) is 95.2 cm³/mol. The highest BCUT2D eigenvalue weighted by atomic mass is 32.2. The quantitative estimate of drug-likeness (QED) is 0.816. The summed E-state index contributed by atoms with van der Waals surface area (Å²) in [7, 11) is 0. The molecule has 0 saturated heterocycles. The normalized spacial score (nSPS) is 20.6. The van der Waals surface area contributed by atoms with Gasteiger partial charge in [0.1, 0.15) is 5.75 Å². The SMILES string of the molecule is CCC1(CC)CSc2cc(O)ccc2C(C2=CCCCC2)=N1. The van der Waals surface area contributed by atoms with Crippen LogP contribution in [0.25, 0.3) is 0 Å². The van der Waals surface area contributed by atoms with E-state index < -0.39 is 0 Å². The molecule has 1 aliphatic carbocycles. The van der Waals surface area contributed by atoms with Crippen LogP contribution >= 0.6 is 11.8 Å². The van der Waals surface area contributed by atoms with E-state index >= 15 is 0 Å². The molecule has 0 radical (unpaired) electrons. The number of aliphatic imine (C=N–C) groups is 1. The van der Waals surface area contributed by atoms with E-state index in [4.69, 9.17) is 4.99 Å². The fourth-order valence-corrected chi connectivity index (χ4v) is 4.70. The maximum absolute atomic E-state index is 9.85. The maximum atomic E-state index is 9.85. The van der Waals surface area contributed by atoms with Crippen molar-refractivity contribution in [2.75, 3.05) is 5.75 Å². The van der Waals surface area contributed by atoms with Crippen LogP contribution < -0.4 is 0 Å². The first-order chi connectivity index (χ1) is 10.7. The molecular formula is C19H25NOS. The molecule has 0 saturated carbocycles. The van der Waals surface area contributed by atoms with E-state index in [1.807, 2.05) is 23.9 Å². The molecule has 0 aromatic heterocycles. The lowest BCUT2D eigenvalue weighted by Crippen LogP contribution is -2.29. The fraction of sp³-hybridized carbons (Fsp3) is 0.526. The standard InChI is InChI=1S/C19H25NOS/c1-3-19(4-2)13-22-17-12-15(21)10-11-16(17)18(20-19)14-8-6-5-7-9-14/h8,10-12,21H,3-7,9,13H2,1-2H3.